The van der Waals surface area contributed by atoms with Crippen LogP contribution in [-0.4, -0.2) is 24.8 Å². The number of aliphatic imine (C=N–C) groups is 1. The number of anilines is 1. The molecule has 0 aromatic heterocycles. The lowest BCUT2D eigenvalue weighted by molar-refractivity contribution is -0.153. The molecule has 0 radical (unpaired) electrons. The highest BCUT2D eigenvalue weighted by Crippen LogP contribution is 2.19. The van der Waals surface area contributed by atoms with Gasteiger partial charge in [-0.15, -0.1) is 24.0 Å². The van der Waals surface area contributed by atoms with Gasteiger partial charge in [-0.2, -0.15) is 13.2 Å². The summed E-state index contributed by atoms with van der Waals surface area (Å²) < 4.78 is 46.6. The molecule has 0 unspecified atom stereocenters. The van der Waals surface area contributed by atoms with E-state index >= 15 is 0 Å². The normalized spacial score (nSPS) is 11.7. The Kier molecular flexibility index (Phi) is 9.36. The predicted octanol–water partition coefficient (Wildman–Crippen LogP) is 4.96. The summed E-state index contributed by atoms with van der Waals surface area (Å²) in [4.78, 5) is 4.21. The van der Waals surface area contributed by atoms with E-state index in [0.29, 0.717) is 0 Å². The molecule has 0 atom stereocenters. The molecule has 0 heterocycles. The summed E-state index contributed by atoms with van der Waals surface area (Å²) in [6, 6.07) is 13.5. The van der Waals surface area contributed by atoms with Gasteiger partial charge >= 0.3 is 6.18 Å². The van der Waals surface area contributed by atoms with Crippen molar-refractivity contribution in [2.24, 2.45) is 10.7 Å². The molecule has 5 nitrogen and oxygen atoms in total. The minimum atomic E-state index is -4.36. The number of hydrogen-bond acceptors (Lipinski definition) is 3. The first kappa shape index (κ1) is 23.9. The van der Waals surface area contributed by atoms with Crippen LogP contribution in [0.15, 0.2) is 53.5 Å². The molecule has 0 fully saturated rings. The zero-order valence-electron chi connectivity index (χ0n) is 15.5. The number of rotatable bonds is 7. The van der Waals surface area contributed by atoms with Crippen molar-refractivity contribution in [3.63, 3.8) is 0 Å². The summed E-state index contributed by atoms with van der Waals surface area (Å²) in [6.45, 7) is 2.87. The zero-order valence-corrected chi connectivity index (χ0v) is 17.8. The van der Waals surface area contributed by atoms with Gasteiger partial charge in [0.15, 0.2) is 12.6 Å². The fourth-order valence-corrected chi connectivity index (χ4v) is 2.11. The monoisotopic (exact) mass is 509 g/mol. The minimum Gasteiger partial charge on any atom is -0.491 e. The van der Waals surface area contributed by atoms with Crippen LogP contribution in [0.25, 0.3) is 0 Å². The molecule has 0 bridgehead atoms. The Morgan fingerprint density at radius 2 is 1.61 bits per heavy atom. The first-order valence-electron chi connectivity index (χ1n) is 8.33. The first-order chi connectivity index (χ1) is 12.7. The Labute approximate surface area is 179 Å². The molecule has 0 amide bonds. The number of guanidine groups is 1. The summed E-state index contributed by atoms with van der Waals surface area (Å²) in [7, 11) is 0. The van der Waals surface area contributed by atoms with Crippen molar-refractivity contribution in [2.75, 3.05) is 11.9 Å². The van der Waals surface area contributed by atoms with Crippen LogP contribution in [0.2, 0.25) is 0 Å². The van der Waals surface area contributed by atoms with E-state index in [0.717, 1.165) is 17.0 Å². The standard InChI is InChI=1S/C19H22F3N3O2.HI/c1-13(2)27-17-9-5-15(6-10-17)25-18(23)24-11-14-3-7-16(8-4-14)26-12-19(20,21)22;/h3-10,13H,11-12H2,1-2H3,(H3,23,24,25);1H. The van der Waals surface area contributed by atoms with E-state index in [2.05, 4.69) is 15.0 Å². The third-order valence-electron chi connectivity index (χ3n) is 3.26. The van der Waals surface area contributed by atoms with Crippen LogP contribution in [0, 0.1) is 0 Å². The third kappa shape index (κ3) is 9.16. The van der Waals surface area contributed by atoms with Gasteiger partial charge in [-0.05, 0) is 55.8 Å². The predicted molar refractivity (Wildman–Crippen MR) is 115 cm³/mol. The van der Waals surface area contributed by atoms with Gasteiger partial charge in [-0.3, -0.25) is 0 Å². The van der Waals surface area contributed by atoms with E-state index in [-0.39, 0.29) is 48.3 Å². The molecule has 9 heteroatoms. The van der Waals surface area contributed by atoms with Crippen molar-refractivity contribution < 1.29 is 22.6 Å². The number of hydrogen-bond donors (Lipinski definition) is 2. The Morgan fingerprint density at radius 3 is 2.14 bits per heavy atom. The average Bonchev–Trinajstić information content (AvgIpc) is 2.60. The van der Waals surface area contributed by atoms with E-state index in [9.17, 15) is 13.2 Å². The Balaban J connectivity index is 0.00000392. The molecule has 0 saturated carbocycles. The summed E-state index contributed by atoms with van der Waals surface area (Å²) in [5.74, 6) is 1.14. The Morgan fingerprint density at radius 1 is 1.04 bits per heavy atom. The summed E-state index contributed by atoms with van der Waals surface area (Å²) in [6.07, 6.45) is -4.26. The SMILES string of the molecule is CC(C)Oc1ccc(NC(N)=NCc2ccc(OCC(F)(F)F)cc2)cc1.I. The second-order valence-electron chi connectivity index (χ2n) is 6.07. The first-order valence-corrected chi connectivity index (χ1v) is 8.33. The maximum atomic E-state index is 12.1. The number of halogens is 4. The molecular weight excluding hydrogens is 486 g/mol. The second-order valence-corrected chi connectivity index (χ2v) is 6.07. The third-order valence-corrected chi connectivity index (χ3v) is 3.26. The summed E-state index contributed by atoms with van der Waals surface area (Å²) in [5.41, 5.74) is 7.41. The lowest BCUT2D eigenvalue weighted by Gasteiger charge is -2.11. The fourth-order valence-electron chi connectivity index (χ4n) is 2.11. The van der Waals surface area contributed by atoms with Gasteiger partial charge in [0.1, 0.15) is 11.5 Å². The molecule has 28 heavy (non-hydrogen) atoms. The van der Waals surface area contributed by atoms with Crippen molar-refractivity contribution in [1.82, 2.24) is 0 Å². The highest BCUT2D eigenvalue weighted by atomic mass is 127. The van der Waals surface area contributed by atoms with Gasteiger partial charge in [0, 0.05) is 5.69 Å². The van der Waals surface area contributed by atoms with Crippen LogP contribution < -0.4 is 20.5 Å². The van der Waals surface area contributed by atoms with E-state index in [1.807, 2.05) is 38.1 Å². The van der Waals surface area contributed by atoms with E-state index in [1.165, 1.54) is 12.1 Å². The van der Waals surface area contributed by atoms with Crippen molar-refractivity contribution in [3.05, 3.63) is 54.1 Å². The van der Waals surface area contributed by atoms with Crippen molar-refractivity contribution in [3.8, 4) is 11.5 Å². The molecule has 0 aliphatic carbocycles. The van der Waals surface area contributed by atoms with Crippen LogP contribution in [0.5, 0.6) is 11.5 Å². The van der Waals surface area contributed by atoms with Gasteiger partial charge < -0.3 is 20.5 Å². The van der Waals surface area contributed by atoms with Gasteiger partial charge in [0.2, 0.25) is 0 Å². The van der Waals surface area contributed by atoms with Gasteiger partial charge in [0.25, 0.3) is 0 Å². The maximum Gasteiger partial charge on any atom is 0.422 e. The van der Waals surface area contributed by atoms with Crippen LogP contribution >= 0.6 is 24.0 Å². The second kappa shape index (κ2) is 11.0. The number of benzene rings is 2. The zero-order chi connectivity index (χ0) is 19.9. The van der Waals surface area contributed by atoms with Crippen LogP contribution in [0.4, 0.5) is 18.9 Å². The number of nitrogens with zero attached hydrogens (tertiary/aromatic N) is 1. The molecule has 2 aromatic carbocycles. The van der Waals surface area contributed by atoms with Gasteiger partial charge in [0.05, 0.1) is 12.6 Å². The van der Waals surface area contributed by atoms with Crippen molar-refractivity contribution in [1.29, 1.82) is 0 Å². The Hall–Kier alpha value is -2.17. The molecule has 0 aliphatic rings. The smallest absolute Gasteiger partial charge is 0.422 e. The average molecular weight is 509 g/mol. The largest absolute Gasteiger partial charge is 0.491 e. The quantitative estimate of drug-likeness (QED) is 0.315. The maximum absolute atomic E-state index is 12.1. The van der Waals surface area contributed by atoms with Crippen LogP contribution in [-0.2, 0) is 6.54 Å². The minimum absolute atomic E-state index is 0. The number of nitrogens with two attached hydrogens (primary N) is 1. The molecule has 0 aliphatic heterocycles. The van der Waals surface area contributed by atoms with Crippen LogP contribution in [0.3, 0.4) is 0 Å². The van der Waals surface area contributed by atoms with Crippen molar-refractivity contribution in [2.45, 2.75) is 32.7 Å². The number of nitrogens with one attached hydrogen (secondary N) is 1. The molecule has 0 spiro atoms. The summed E-state index contributed by atoms with van der Waals surface area (Å²) in [5, 5.41) is 2.96. The number of ether oxygens (including phenoxy) is 2. The molecular formula is C19H23F3IN3O2. The van der Waals surface area contributed by atoms with Gasteiger partial charge in [-0.25, -0.2) is 4.99 Å². The molecule has 2 aromatic rings. The molecule has 3 N–H and O–H groups in total. The van der Waals surface area contributed by atoms with Crippen LogP contribution in [0.1, 0.15) is 19.4 Å². The number of alkyl halides is 3. The lowest BCUT2D eigenvalue weighted by Crippen LogP contribution is -2.22. The van der Waals surface area contributed by atoms with E-state index in [4.69, 9.17) is 10.5 Å². The van der Waals surface area contributed by atoms with Crippen molar-refractivity contribution >= 4 is 35.6 Å². The topological polar surface area (TPSA) is 68.9 Å². The highest BCUT2D eigenvalue weighted by Gasteiger charge is 2.28. The molecule has 154 valence electrons. The van der Waals surface area contributed by atoms with E-state index in [1.54, 1.807) is 12.1 Å². The van der Waals surface area contributed by atoms with Gasteiger partial charge in [-0.1, -0.05) is 12.1 Å². The molecule has 0 saturated heterocycles. The fraction of sp³-hybridized carbons (Fsp3) is 0.316. The molecule has 2 rings (SSSR count). The van der Waals surface area contributed by atoms with E-state index < -0.39 is 12.8 Å². The lowest BCUT2D eigenvalue weighted by atomic mass is 10.2. The Bertz CT molecular complexity index is 749. The summed E-state index contributed by atoms with van der Waals surface area (Å²) >= 11 is 0. The highest BCUT2D eigenvalue weighted by molar-refractivity contribution is 14.0.